The standard InChI is InChI=1S/C15H21F3N2O3/c1-14(2,22)10-20(3)13(21)19-9-8-11-6-4-5-7-12(11)23-15(16,17)18/h4-7,22H,8-10H2,1-3H3,(H,19,21). The maximum absolute atomic E-state index is 12.3. The van der Waals surface area contributed by atoms with Crippen molar-refractivity contribution < 1.29 is 27.8 Å². The van der Waals surface area contributed by atoms with Gasteiger partial charge in [-0.05, 0) is 31.9 Å². The highest BCUT2D eigenvalue weighted by molar-refractivity contribution is 5.73. The number of rotatable bonds is 6. The van der Waals surface area contributed by atoms with Crippen LogP contribution in [0.15, 0.2) is 24.3 Å². The van der Waals surface area contributed by atoms with Gasteiger partial charge in [-0.15, -0.1) is 13.2 Å². The molecule has 130 valence electrons. The Kier molecular flexibility index (Phi) is 6.26. The number of carbonyl (C=O) groups is 1. The molecule has 0 atom stereocenters. The van der Waals surface area contributed by atoms with E-state index in [-0.39, 0.29) is 25.3 Å². The van der Waals surface area contributed by atoms with Gasteiger partial charge < -0.3 is 20.1 Å². The average Bonchev–Trinajstić information content (AvgIpc) is 2.36. The van der Waals surface area contributed by atoms with E-state index in [0.29, 0.717) is 5.56 Å². The third-order valence-electron chi connectivity index (χ3n) is 2.84. The van der Waals surface area contributed by atoms with E-state index in [9.17, 15) is 23.1 Å². The summed E-state index contributed by atoms with van der Waals surface area (Å²) < 4.78 is 40.9. The Balaban J connectivity index is 2.55. The van der Waals surface area contributed by atoms with Crippen molar-refractivity contribution in [1.29, 1.82) is 0 Å². The Bertz CT molecular complexity index is 527. The van der Waals surface area contributed by atoms with E-state index in [1.807, 2.05) is 0 Å². The molecule has 0 bridgehead atoms. The minimum absolute atomic E-state index is 0.132. The number of carbonyl (C=O) groups excluding carboxylic acids is 1. The number of nitrogens with one attached hydrogen (secondary N) is 1. The van der Waals surface area contributed by atoms with Gasteiger partial charge in [0.2, 0.25) is 0 Å². The molecular formula is C15H21F3N2O3. The number of ether oxygens (including phenoxy) is 1. The van der Waals surface area contributed by atoms with Crippen molar-refractivity contribution in [2.24, 2.45) is 0 Å². The summed E-state index contributed by atoms with van der Waals surface area (Å²) in [6.07, 6.45) is -4.57. The third-order valence-corrected chi connectivity index (χ3v) is 2.84. The van der Waals surface area contributed by atoms with Crippen molar-refractivity contribution in [1.82, 2.24) is 10.2 Å². The Labute approximate surface area is 133 Å². The molecule has 0 fully saturated rings. The molecule has 1 aromatic carbocycles. The number of para-hydroxylation sites is 1. The van der Waals surface area contributed by atoms with E-state index in [1.54, 1.807) is 19.9 Å². The molecule has 0 saturated heterocycles. The van der Waals surface area contributed by atoms with Crippen LogP contribution in [-0.2, 0) is 6.42 Å². The Morgan fingerprint density at radius 2 is 1.91 bits per heavy atom. The predicted molar refractivity (Wildman–Crippen MR) is 79.2 cm³/mol. The predicted octanol–water partition coefficient (Wildman–Crippen LogP) is 2.54. The second-order valence-electron chi connectivity index (χ2n) is 5.81. The van der Waals surface area contributed by atoms with Gasteiger partial charge in [0.15, 0.2) is 0 Å². The second kappa shape index (κ2) is 7.54. The van der Waals surface area contributed by atoms with Gasteiger partial charge in [-0.2, -0.15) is 0 Å². The summed E-state index contributed by atoms with van der Waals surface area (Å²) in [5, 5.41) is 12.2. The van der Waals surface area contributed by atoms with Crippen LogP contribution in [0.5, 0.6) is 5.75 Å². The lowest BCUT2D eigenvalue weighted by molar-refractivity contribution is -0.274. The minimum atomic E-state index is -4.76. The molecule has 2 amide bonds. The number of hydrogen-bond acceptors (Lipinski definition) is 3. The fourth-order valence-corrected chi connectivity index (χ4v) is 2.03. The number of hydrogen-bond donors (Lipinski definition) is 2. The molecule has 0 heterocycles. The van der Waals surface area contributed by atoms with Crippen LogP contribution < -0.4 is 10.1 Å². The molecule has 5 nitrogen and oxygen atoms in total. The SMILES string of the molecule is CN(CC(C)(C)O)C(=O)NCCc1ccccc1OC(F)(F)F. The van der Waals surface area contributed by atoms with Crippen LogP contribution in [0.3, 0.4) is 0 Å². The maximum atomic E-state index is 12.3. The number of halogens is 3. The third kappa shape index (κ3) is 7.73. The van der Waals surface area contributed by atoms with E-state index in [0.717, 1.165) is 0 Å². The van der Waals surface area contributed by atoms with Gasteiger partial charge in [0.05, 0.1) is 12.1 Å². The molecule has 0 radical (unpaired) electrons. The van der Waals surface area contributed by atoms with Crippen molar-refractivity contribution in [3.63, 3.8) is 0 Å². The first-order valence-electron chi connectivity index (χ1n) is 7.03. The summed E-state index contributed by atoms with van der Waals surface area (Å²) in [5.74, 6) is -0.279. The molecule has 23 heavy (non-hydrogen) atoms. The first kappa shape index (κ1) is 19.1. The summed E-state index contributed by atoms with van der Waals surface area (Å²) in [5.41, 5.74) is -0.686. The van der Waals surface area contributed by atoms with Crippen LogP contribution in [0.25, 0.3) is 0 Å². The largest absolute Gasteiger partial charge is 0.573 e. The van der Waals surface area contributed by atoms with Gasteiger partial charge in [-0.3, -0.25) is 0 Å². The Morgan fingerprint density at radius 1 is 1.30 bits per heavy atom. The van der Waals surface area contributed by atoms with Crippen LogP contribution in [-0.4, -0.2) is 48.1 Å². The highest BCUT2D eigenvalue weighted by Gasteiger charge is 2.31. The molecule has 0 aliphatic rings. The van der Waals surface area contributed by atoms with Crippen molar-refractivity contribution in [3.05, 3.63) is 29.8 Å². The molecule has 1 aromatic rings. The Morgan fingerprint density at radius 3 is 2.48 bits per heavy atom. The van der Waals surface area contributed by atoms with Crippen molar-refractivity contribution in [2.45, 2.75) is 32.2 Å². The number of benzene rings is 1. The number of amides is 2. The number of alkyl halides is 3. The lowest BCUT2D eigenvalue weighted by Gasteiger charge is -2.25. The van der Waals surface area contributed by atoms with Crippen LogP contribution in [0.4, 0.5) is 18.0 Å². The summed E-state index contributed by atoms with van der Waals surface area (Å²) >= 11 is 0. The van der Waals surface area contributed by atoms with E-state index in [1.165, 1.54) is 30.1 Å². The van der Waals surface area contributed by atoms with Gasteiger partial charge in [0, 0.05) is 13.6 Å². The molecule has 0 aliphatic carbocycles. The van der Waals surface area contributed by atoms with Crippen LogP contribution in [0, 0.1) is 0 Å². The maximum Gasteiger partial charge on any atom is 0.573 e. The van der Waals surface area contributed by atoms with Gasteiger partial charge in [-0.1, -0.05) is 18.2 Å². The van der Waals surface area contributed by atoms with Gasteiger partial charge in [0.25, 0.3) is 0 Å². The molecule has 0 spiro atoms. The fourth-order valence-electron chi connectivity index (χ4n) is 2.03. The van der Waals surface area contributed by atoms with Crippen LogP contribution in [0.2, 0.25) is 0 Å². The molecule has 0 saturated carbocycles. The topological polar surface area (TPSA) is 61.8 Å². The molecule has 0 unspecified atom stereocenters. The van der Waals surface area contributed by atoms with E-state index < -0.39 is 18.0 Å². The quantitative estimate of drug-likeness (QED) is 0.840. The highest BCUT2D eigenvalue weighted by atomic mass is 19.4. The van der Waals surface area contributed by atoms with E-state index in [2.05, 4.69) is 10.1 Å². The Hall–Kier alpha value is -1.96. The first-order valence-corrected chi connectivity index (χ1v) is 7.03. The number of aliphatic hydroxyl groups is 1. The van der Waals surface area contributed by atoms with Crippen LogP contribution >= 0.6 is 0 Å². The average molecular weight is 334 g/mol. The highest BCUT2D eigenvalue weighted by Crippen LogP contribution is 2.26. The molecular weight excluding hydrogens is 313 g/mol. The molecule has 8 heteroatoms. The van der Waals surface area contributed by atoms with Crippen molar-refractivity contribution >= 4 is 6.03 Å². The van der Waals surface area contributed by atoms with Crippen molar-refractivity contribution in [3.8, 4) is 5.75 Å². The zero-order chi connectivity index (χ0) is 17.7. The number of nitrogens with zero attached hydrogens (tertiary/aromatic N) is 1. The van der Waals surface area contributed by atoms with Crippen molar-refractivity contribution in [2.75, 3.05) is 20.1 Å². The first-order chi connectivity index (χ1) is 10.5. The monoisotopic (exact) mass is 334 g/mol. The smallest absolute Gasteiger partial charge is 0.406 e. The van der Waals surface area contributed by atoms with Gasteiger partial charge in [-0.25, -0.2) is 4.79 Å². The molecule has 2 N–H and O–H groups in total. The fraction of sp³-hybridized carbons (Fsp3) is 0.533. The lowest BCUT2D eigenvalue weighted by atomic mass is 10.1. The lowest BCUT2D eigenvalue weighted by Crippen LogP contribution is -2.45. The second-order valence-corrected chi connectivity index (χ2v) is 5.81. The summed E-state index contributed by atoms with van der Waals surface area (Å²) in [6.45, 7) is 3.42. The van der Waals surface area contributed by atoms with E-state index >= 15 is 0 Å². The molecule has 0 aromatic heterocycles. The summed E-state index contributed by atoms with van der Waals surface area (Å²) in [6, 6.07) is 5.36. The molecule has 1 rings (SSSR count). The summed E-state index contributed by atoms with van der Waals surface area (Å²) in [7, 11) is 1.52. The zero-order valence-corrected chi connectivity index (χ0v) is 13.3. The number of urea groups is 1. The minimum Gasteiger partial charge on any atom is -0.406 e. The zero-order valence-electron chi connectivity index (χ0n) is 13.3. The van der Waals surface area contributed by atoms with Gasteiger partial charge in [0.1, 0.15) is 5.75 Å². The molecule has 0 aliphatic heterocycles. The van der Waals surface area contributed by atoms with E-state index in [4.69, 9.17) is 0 Å². The van der Waals surface area contributed by atoms with Crippen LogP contribution in [0.1, 0.15) is 19.4 Å². The normalized spacial score (nSPS) is 12.0. The number of likely N-dealkylation sites (N-methyl/N-ethyl adjacent to an activating group) is 1. The van der Waals surface area contributed by atoms with Gasteiger partial charge >= 0.3 is 12.4 Å². The summed E-state index contributed by atoms with van der Waals surface area (Å²) in [4.78, 5) is 13.1.